The fraction of sp³-hybridized carbons (Fsp3) is 0.316. The zero-order valence-corrected chi connectivity index (χ0v) is 13.2. The van der Waals surface area contributed by atoms with Crippen LogP contribution in [0.15, 0.2) is 48.5 Å². The number of nitrogens with zero attached hydrogens (tertiary/aromatic N) is 1. The zero-order chi connectivity index (χ0) is 16.2. The number of carbonyl (C=O) groups excluding carboxylic acids is 1. The summed E-state index contributed by atoms with van der Waals surface area (Å²) in [5.74, 6) is 1.18. The fourth-order valence-corrected chi connectivity index (χ4v) is 3.13. The lowest BCUT2D eigenvalue weighted by Gasteiger charge is -2.25. The smallest absolute Gasteiger partial charge is 0.227 e. The number of aromatic hydroxyl groups is 1. The highest BCUT2D eigenvalue weighted by Crippen LogP contribution is 2.33. The highest BCUT2D eigenvalue weighted by molar-refractivity contribution is 5.79. The van der Waals surface area contributed by atoms with Gasteiger partial charge in [-0.05, 0) is 48.2 Å². The molecule has 1 unspecified atom stereocenters. The molecule has 1 N–H and O–H groups in total. The number of carbonyl (C=O) groups is 1. The van der Waals surface area contributed by atoms with Crippen LogP contribution in [0.1, 0.15) is 30.0 Å². The van der Waals surface area contributed by atoms with Gasteiger partial charge in [-0.3, -0.25) is 4.79 Å². The Labute approximate surface area is 136 Å². The minimum atomic E-state index is 0.133. The summed E-state index contributed by atoms with van der Waals surface area (Å²) in [6.07, 6.45) is 2.39. The zero-order valence-electron chi connectivity index (χ0n) is 13.2. The molecule has 2 aromatic carbocycles. The molecule has 0 saturated carbocycles. The number of hydrogen-bond donors (Lipinski definition) is 1. The van der Waals surface area contributed by atoms with Crippen molar-refractivity contribution in [2.45, 2.75) is 25.3 Å². The molecule has 0 aliphatic carbocycles. The molecule has 2 aromatic rings. The number of likely N-dealkylation sites (tertiary alicyclic amines) is 1. The van der Waals surface area contributed by atoms with Crippen molar-refractivity contribution < 1.29 is 14.6 Å². The Morgan fingerprint density at radius 1 is 1.17 bits per heavy atom. The summed E-state index contributed by atoms with van der Waals surface area (Å²) >= 11 is 0. The Balaban J connectivity index is 1.72. The molecule has 1 heterocycles. The molecule has 120 valence electrons. The lowest BCUT2D eigenvalue weighted by molar-refractivity contribution is -0.131. The van der Waals surface area contributed by atoms with E-state index in [1.165, 1.54) is 0 Å². The molecule has 1 aliphatic heterocycles. The first kappa shape index (κ1) is 15.4. The number of amides is 1. The molecule has 1 amide bonds. The predicted molar refractivity (Wildman–Crippen MR) is 88.5 cm³/mol. The molecule has 0 bridgehead atoms. The second-order valence-corrected chi connectivity index (χ2v) is 5.86. The van der Waals surface area contributed by atoms with Gasteiger partial charge in [0.2, 0.25) is 5.91 Å². The Hall–Kier alpha value is -2.49. The highest BCUT2D eigenvalue weighted by Gasteiger charge is 2.29. The van der Waals surface area contributed by atoms with Gasteiger partial charge in [0.1, 0.15) is 11.5 Å². The average molecular weight is 311 g/mol. The summed E-state index contributed by atoms with van der Waals surface area (Å²) in [4.78, 5) is 14.6. The molecule has 1 fully saturated rings. The fourth-order valence-electron chi connectivity index (χ4n) is 3.13. The van der Waals surface area contributed by atoms with Crippen molar-refractivity contribution in [1.82, 2.24) is 4.90 Å². The molecule has 0 aromatic heterocycles. The van der Waals surface area contributed by atoms with E-state index in [4.69, 9.17) is 4.74 Å². The third-order valence-corrected chi connectivity index (χ3v) is 4.37. The van der Waals surface area contributed by atoms with Crippen LogP contribution >= 0.6 is 0 Å². The van der Waals surface area contributed by atoms with E-state index in [-0.39, 0.29) is 17.7 Å². The van der Waals surface area contributed by atoms with Crippen molar-refractivity contribution in [3.05, 3.63) is 59.7 Å². The molecule has 4 nitrogen and oxygen atoms in total. The van der Waals surface area contributed by atoms with Crippen molar-refractivity contribution in [1.29, 1.82) is 0 Å². The van der Waals surface area contributed by atoms with Gasteiger partial charge in [0.25, 0.3) is 0 Å². The van der Waals surface area contributed by atoms with Gasteiger partial charge < -0.3 is 14.7 Å². The SMILES string of the molecule is COc1ccc(C2CCCN2C(=O)Cc2ccc(O)cc2)cc1. The summed E-state index contributed by atoms with van der Waals surface area (Å²) in [5.41, 5.74) is 2.08. The third-order valence-electron chi connectivity index (χ3n) is 4.37. The van der Waals surface area contributed by atoms with Gasteiger partial charge in [0.05, 0.1) is 19.6 Å². The molecule has 4 heteroatoms. The standard InChI is InChI=1S/C19H21NO3/c1-23-17-10-6-15(7-11-17)18-3-2-12-20(18)19(22)13-14-4-8-16(21)9-5-14/h4-11,18,21H,2-3,12-13H2,1H3. The van der Waals surface area contributed by atoms with E-state index in [1.54, 1.807) is 31.4 Å². The number of hydrogen-bond acceptors (Lipinski definition) is 3. The second-order valence-electron chi connectivity index (χ2n) is 5.86. The summed E-state index contributed by atoms with van der Waals surface area (Å²) in [7, 11) is 1.65. The summed E-state index contributed by atoms with van der Waals surface area (Å²) in [6, 6.07) is 14.9. The van der Waals surface area contributed by atoms with Crippen LogP contribution in [0.2, 0.25) is 0 Å². The van der Waals surface area contributed by atoms with Gasteiger partial charge in [-0.15, -0.1) is 0 Å². The van der Waals surface area contributed by atoms with Gasteiger partial charge >= 0.3 is 0 Å². The first-order valence-electron chi connectivity index (χ1n) is 7.88. The number of rotatable bonds is 4. The Kier molecular flexibility index (Phi) is 4.51. The normalized spacial score (nSPS) is 17.3. The molecule has 1 atom stereocenters. The van der Waals surface area contributed by atoms with Crippen molar-refractivity contribution in [2.75, 3.05) is 13.7 Å². The molecule has 1 saturated heterocycles. The molecule has 0 radical (unpaired) electrons. The third kappa shape index (κ3) is 3.47. The van der Waals surface area contributed by atoms with Gasteiger partial charge in [-0.25, -0.2) is 0 Å². The Bertz CT molecular complexity index is 664. The van der Waals surface area contributed by atoms with Crippen LogP contribution in [-0.2, 0) is 11.2 Å². The number of phenols is 1. The van der Waals surface area contributed by atoms with E-state index in [0.29, 0.717) is 6.42 Å². The van der Waals surface area contributed by atoms with Gasteiger partial charge in [0, 0.05) is 6.54 Å². The van der Waals surface area contributed by atoms with Crippen LogP contribution in [0.25, 0.3) is 0 Å². The number of ether oxygens (including phenoxy) is 1. The van der Waals surface area contributed by atoms with Gasteiger partial charge in [-0.2, -0.15) is 0 Å². The quantitative estimate of drug-likeness (QED) is 0.942. The Morgan fingerprint density at radius 2 is 1.87 bits per heavy atom. The monoisotopic (exact) mass is 311 g/mol. The number of phenolic OH excluding ortho intramolecular Hbond substituents is 1. The van der Waals surface area contributed by atoms with Gasteiger partial charge in [0.15, 0.2) is 0 Å². The maximum absolute atomic E-state index is 12.6. The van der Waals surface area contributed by atoms with Gasteiger partial charge in [-0.1, -0.05) is 24.3 Å². The maximum atomic E-state index is 12.6. The molecule has 3 rings (SSSR count). The molecule has 0 spiro atoms. The lowest BCUT2D eigenvalue weighted by atomic mass is 10.0. The van der Waals surface area contributed by atoms with E-state index < -0.39 is 0 Å². The summed E-state index contributed by atoms with van der Waals surface area (Å²) in [6.45, 7) is 0.799. The van der Waals surface area contributed by atoms with Crippen molar-refractivity contribution in [3.8, 4) is 11.5 Å². The molecule has 1 aliphatic rings. The summed E-state index contributed by atoms with van der Waals surface area (Å²) < 4.78 is 5.19. The molecule has 23 heavy (non-hydrogen) atoms. The van der Waals surface area contributed by atoms with Crippen LogP contribution in [0.5, 0.6) is 11.5 Å². The van der Waals surface area contributed by atoms with E-state index in [9.17, 15) is 9.90 Å². The van der Waals surface area contributed by atoms with E-state index in [1.807, 2.05) is 29.2 Å². The minimum absolute atomic E-state index is 0.133. The highest BCUT2D eigenvalue weighted by atomic mass is 16.5. The van der Waals surface area contributed by atoms with Crippen molar-refractivity contribution in [2.24, 2.45) is 0 Å². The largest absolute Gasteiger partial charge is 0.508 e. The van der Waals surface area contributed by atoms with Crippen LogP contribution < -0.4 is 4.74 Å². The van der Waals surface area contributed by atoms with Crippen LogP contribution in [0.4, 0.5) is 0 Å². The van der Waals surface area contributed by atoms with E-state index >= 15 is 0 Å². The average Bonchev–Trinajstić information content (AvgIpc) is 3.07. The maximum Gasteiger partial charge on any atom is 0.227 e. The predicted octanol–water partition coefficient (Wildman–Crippen LogP) is 3.31. The summed E-state index contributed by atoms with van der Waals surface area (Å²) in [5, 5.41) is 9.33. The van der Waals surface area contributed by atoms with Crippen LogP contribution in [0, 0.1) is 0 Å². The second kappa shape index (κ2) is 6.73. The van der Waals surface area contributed by atoms with Crippen molar-refractivity contribution in [3.63, 3.8) is 0 Å². The van der Waals surface area contributed by atoms with Crippen LogP contribution in [-0.4, -0.2) is 29.6 Å². The van der Waals surface area contributed by atoms with Crippen LogP contribution in [0.3, 0.4) is 0 Å². The minimum Gasteiger partial charge on any atom is -0.508 e. The first-order chi connectivity index (χ1) is 11.2. The first-order valence-corrected chi connectivity index (χ1v) is 7.88. The number of benzene rings is 2. The van der Waals surface area contributed by atoms with E-state index in [2.05, 4.69) is 0 Å². The molecular weight excluding hydrogens is 290 g/mol. The lowest BCUT2D eigenvalue weighted by Crippen LogP contribution is -2.31. The topological polar surface area (TPSA) is 49.8 Å². The Morgan fingerprint density at radius 3 is 2.52 bits per heavy atom. The van der Waals surface area contributed by atoms with E-state index in [0.717, 1.165) is 36.3 Å². The van der Waals surface area contributed by atoms with Crippen molar-refractivity contribution >= 4 is 5.91 Å². The number of methoxy groups -OCH3 is 1. The molecular formula is C19H21NO3.